The number of nitrogens with one attached hydrogen (secondary N) is 1. The fourth-order valence-electron chi connectivity index (χ4n) is 3.72. The Hall–Kier alpha value is -3.45. The minimum atomic E-state index is -0.278. The summed E-state index contributed by atoms with van der Waals surface area (Å²) in [5.41, 5.74) is 4.36. The number of imidazole rings is 1. The molecule has 0 aliphatic heterocycles. The molecule has 0 spiro atoms. The third-order valence-corrected chi connectivity index (χ3v) is 6.00. The molecular formula is C23H19FN4OS. The summed E-state index contributed by atoms with van der Waals surface area (Å²) in [7, 11) is 0. The minimum absolute atomic E-state index is 0.140. The van der Waals surface area contributed by atoms with E-state index in [2.05, 4.69) is 10.3 Å². The van der Waals surface area contributed by atoms with E-state index in [0.717, 1.165) is 26.8 Å². The summed E-state index contributed by atoms with van der Waals surface area (Å²) in [4.78, 5) is 17.3. The zero-order valence-electron chi connectivity index (χ0n) is 16.1. The molecule has 3 heterocycles. The second-order valence-electron chi connectivity index (χ2n) is 7.10. The van der Waals surface area contributed by atoms with Crippen molar-refractivity contribution < 1.29 is 9.18 Å². The van der Waals surface area contributed by atoms with Gasteiger partial charge in [-0.25, -0.2) is 9.37 Å². The Morgan fingerprint density at radius 2 is 1.97 bits per heavy atom. The molecule has 2 aromatic carbocycles. The van der Waals surface area contributed by atoms with Crippen LogP contribution in [0.25, 0.3) is 21.3 Å². The van der Waals surface area contributed by atoms with Gasteiger partial charge in [0.2, 0.25) is 0 Å². The number of aromatic nitrogens is 3. The van der Waals surface area contributed by atoms with E-state index in [4.69, 9.17) is 0 Å². The highest BCUT2D eigenvalue weighted by Crippen LogP contribution is 2.26. The first kappa shape index (κ1) is 18.6. The number of amides is 1. The Balaban J connectivity index is 1.35. The fraction of sp³-hybridized carbons (Fsp3) is 0.130. The summed E-state index contributed by atoms with van der Waals surface area (Å²) in [6.45, 7) is 1.55. The van der Waals surface area contributed by atoms with Crippen LogP contribution in [0, 0.1) is 5.82 Å². The van der Waals surface area contributed by atoms with Gasteiger partial charge in [-0.05, 0) is 47.3 Å². The maximum absolute atomic E-state index is 13.6. The quantitative estimate of drug-likeness (QED) is 0.436. The first-order chi connectivity index (χ1) is 14.7. The number of carbonyl (C=O) groups excluding carboxylic acids is 1. The van der Waals surface area contributed by atoms with E-state index in [-0.39, 0.29) is 11.7 Å². The Labute approximate surface area is 176 Å². The molecule has 5 aromatic rings. The molecule has 0 aliphatic rings. The molecule has 0 radical (unpaired) electrons. The molecule has 3 aromatic heterocycles. The molecule has 0 aliphatic carbocycles. The third-order valence-electron chi connectivity index (χ3n) is 5.15. The van der Waals surface area contributed by atoms with Crippen LogP contribution in [0.15, 0.2) is 72.4 Å². The predicted octanol–water partition coefficient (Wildman–Crippen LogP) is 4.67. The number of benzene rings is 2. The van der Waals surface area contributed by atoms with Gasteiger partial charge in [-0.15, -0.1) is 11.3 Å². The average molecular weight is 418 g/mol. The number of hydrogen-bond acceptors (Lipinski definition) is 3. The van der Waals surface area contributed by atoms with E-state index >= 15 is 0 Å². The normalized spacial score (nSPS) is 11.4. The molecule has 1 N–H and O–H groups in total. The van der Waals surface area contributed by atoms with Crippen molar-refractivity contribution in [3.8, 4) is 0 Å². The summed E-state index contributed by atoms with van der Waals surface area (Å²) in [5, 5.41) is 5.01. The van der Waals surface area contributed by atoms with Crippen LogP contribution in [0.2, 0.25) is 0 Å². The first-order valence-corrected chi connectivity index (χ1v) is 10.6. The number of halogens is 1. The van der Waals surface area contributed by atoms with E-state index in [1.807, 2.05) is 57.0 Å². The molecule has 150 valence electrons. The lowest BCUT2D eigenvalue weighted by atomic mass is 10.2. The lowest BCUT2D eigenvalue weighted by Crippen LogP contribution is -2.29. The van der Waals surface area contributed by atoms with Crippen LogP contribution < -0.4 is 5.32 Å². The maximum atomic E-state index is 13.6. The topological polar surface area (TPSA) is 51.9 Å². The molecular weight excluding hydrogens is 399 g/mol. The fourth-order valence-corrected chi connectivity index (χ4v) is 4.54. The number of para-hydroxylation sites is 2. The van der Waals surface area contributed by atoms with Crippen molar-refractivity contribution in [2.45, 2.75) is 13.1 Å². The molecule has 0 saturated carbocycles. The smallest absolute Gasteiger partial charge is 0.268 e. The second-order valence-corrected chi connectivity index (χ2v) is 8.05. The van der Waals surface area contributed by atoms with Crippen molar-refractivity contribution in [1.82, 2.24) is 19.4 Å². The van der Waals surface area contributed by atoms with Crippen molar-refractivity contribution in [3.05, 3.63) is 89.4 Å². The molecule has 0 unspecified atom stereocenters. The summed E-state index contributed by atoms with van der Waals surface area (Å²) >= 11 is 1.59. The molecule has 0 atom stereocenters. The molecule has 7 heteroatoms. The largest absolute Gasteiger partial charge is 0.349 e. The summed E-state index contributed by atoms with van der Waals surface area (Å²) in [6, 6.07) is 18.3. The molecule has 0 saturated heterocycles. The Morgan fingerprint density at radius 3 is 2.87 bits per heavy atom. The van der Waals surface area contributed by atoms with Crippen LogP contribution >= 0.6 is 11.3 Å². The zero-order chi connectivity index (χ0) is 20.5. The second kappa shape index (κ2) is 7.76. The average Bonchev–Trinajstić information content (AvgIpc) is 3.44. The SMILES string of the molecule is O=C(NCCn1cnc2ccccc21)c1cc2sccc2n1Cc1cccc(F)c1. The summed E-state index contributed by atoms with van der Waals surface area (Å²) < 4.78 is 18.6. The predicted molar refractivity (Wildman–Crippen MR) is 117 cm³/mol. The first-order valence-electron chi connectivity index (χ1n) is 9.68. The van der Waals surface area contributed by atoms with Crippen LogP contribution in [0.3, 0.4) is 0 Å². The van der Waals surface area contributed by atoms with Gasteiger partial charge in [0, 0.05) is 19.6 Å². The van der Waals surface area contributed by atoms with Crippen molar-refractivity contribution >= 4 is 38.5 Å². The lowest BCUT2D eigenvalue weighted by Gasteiger charge is -2.12. The monoisotopic (exact) mass is 418 g/mol. The lowest BCUT2D eigenvalue weighted by molar-refractivity contribution is 0.0944. The third kappa shape index (κ3) is 3.48. The number of hydrogen-bond donors (Lipinski definition) is 1. The zero-order valence-corrected chi connectivity index (χ0v) is 16.9. The van der Waals surface area contributed by atoms with Crippen LogP contribution in [-0.4, -0.2) is 26.6 Å². The van der Waals surface area contributed by atoms with Gasteiger partial charge in [-0.1, -0.05) is 24.3 Å². The highest BCUT2D eigenvalue weighted by atomic mass is 32.1. The Morgan fingerprint density at radius 1 is 1.07 bits per heavy atom. The number of nitrogens with zero attached hydrogens (tertiary/aromatic N) is 3. The maximum Gasteiger partial charge on any atom is 0.268 e. The number of carbonyl (C=O) groups is 1. The van der Waals surface area contributed by atoms with Crippen molar-refractivity contribution in [2.75, 3.05) is 6.54 Å². The molecule has 5 rings (SSSR count). The van der Waals surface area contributed by atoms with Crippen molar-refractivity contribution in [1.29, 1.82) is 0 Å². The molecule has 0 bridgehead atoms. The number of thiophene rings is 1. The molecule has 5 nitrogen and oxygen atoms in total. The summed E-state index contributed by atoms with van der Waals surface area (Å²) in [6.07, 6.45) is 1.79. The highest BCUT2D eigenvalue weighted by molar-refractivity contribution is 7.17. The van der Waals surface area contributed by atoms with Crippen molar-refractivity contribution in [2.24, 2.45) is 0 Å². The molecule has 30 heavy (non-hydrogen) atoms. The van der Waals surface area contributed by atoms with Crippen molar-refractivity contribution in [3.63, 3.8) is 0 Å². The molecule has 1 amide bonds. The van der Waals surface area contributed by atoms with Gasteiger partial charge in [-0.2, -0.15) is 0 Å². The Kier molecular flexibility index (Phi) is 4.80. The molecule has 0 fully saturated rings. The van der Waals surface area contributed by atoms with Gasteiger partial charge in [0.05, 0.1) is 27.6 Å². The Bertz CT molecular complexity index is 1350. The van der Waals surface area contributed by atoms with Gasteiger partial charge in [0.15, 0.2) is 0 Å². The van der Waals surface area contributed by atoms with Gasteiger partial charge in [-0.3, -0.25) is 4.79 Å². The van der Waals surface area contributed by atoms with Gasteiger partial charge in [0.25, 0.3) is 5.91 Å². The highest BCUT2D eigenvalue weighted by Gasteiger charge is 2.17. The van der Waals surface area contributed by atoms with Crippen LogP contribution in [0.1, 0.15) is 16.1 Å². The van der Waals surface area contributed by atoms with E-state index in [9.17, 15) is 9.18 Å². The van der Waals surface area contributed by atoms with E-state index in [1.54, 1.807) is 23.7 Å². The standard InChI is InChI=1S/C23H19FN4OS/c24-17-5-3-4-16(12-17)14-28-20-8-11-30-22(20)13-21(28)23(29)25-9-10-27-15-26-18-6-1-2-7-19(18)27/h1-8,11-13,15H,9-10,14H2,(H,25,29). The van der Waals surface area contributed by atoms with Crippen LogP contribution in [0.5, 0.6) is 0 Å². The van der Waals surface area contributed by atoms with Gasteiger partial charge >= 0.3 is 0 Å². The van der Waals surface area contributed by atoms with E-state index < -0.39 is 0 Å². The van der Waals surface area contributed by atoms with Crippen LogP contribution in [-0.2, 0) is 13.1 Å². The number of rotatable bonds is 6. The number of fused-ring (bicyclic) bond motifs is 2. The van der Waals surface area contributed by atoms with E-state index in [0.29, 0.717) is 25.3 Å². The summed E-state index contributed by atoms with van der Waals surface area (Å²) in [5.74, 6) is -0.418. The van der Waals surface area contributed by atoms with Crippen LogP contribution in [0.4, 0.5) is 4.39 Å². The minimum Gasteiger partial charge on any atom is -0.349 e. The van der Waals surface area contributed by atoms with E-state index in [1.165, 1.54) is 12.1 Å². The van der Waals surface area contributed by atoms with Gasteiger partial charge < -0.3 is 14.5 Å². The van der Waals surface area contributed by atoms with Gasteiger partial charge in [0.1, 0.15) is 11.5 Å².